The van der Waals surface area contributed by atoms with Gasteiger partial charge in [0.05, 0.1) is 12.2 Å². The molecule has 2 N–H and O–H groups in total. The maximum atomic E-state index is 9.52. The normalized spacial score (nSPS) is 49.2. The third-order valence-electron chi connectivity index (χ3n) is 2.34. The van der Waals surface area contributed by atoms with E-state index in [1.807, 2.05) is 0 Å². The zero-order valence-electron chi connectivity index (χ0n) is 7.60. The second kappa shape index (κ2) is 3.70. The van der Waals surface area contributed by atoms with Crippen molar-refractivity contribution in [2.24, 2.45) is 0 Å². The number of hydrogen-bond acceptors (Lipinski definition) is 4. The number of aliphatic hydroxyl groups excluding tert-OH is 2. The number of methoxy groups -OCH3 is 1. The highest BCUT2D eigenvalue weighted by molar-refractivity contribution is 4.89. The molecule has 4 nitrogen and oxygen atoms in total. The van der Waals surface area contributed by atoms with Crippen molar-refractivity contribution in [3.05, 3.63) is 0 Å². The third-order valence-corrected chi connectivity index (χ3v) is 2.34. The van der Waals surface area contributed by atoms with Crippen molar-refractivity contribution in [2.45, 2.75) is 44.4 Å². The van der Waals surface area contributed by atoms with Gasteiger partial charge in [-0.3, -0.25) is 0 Å². The molecule has 0 unspecified atom stereocenters. The van der Waals surface area contributed by atoms with Gasteiger partial charge in [-0.2, -0.15) is 0 Å². The van der Waals surface area contributed by atoms with E-state index in [1.54, 1.807) is 13.8 Å². The Morgan fingerprint density at radius 3 is 1.83 bits per heavy atom. The van der Waals surface area contributed by atoms with Crippen LogP contribution in [0, 0.1) is 0 Å². The molecule has 1 aliphatic heterocycles. The third kappa shape index (κ3) is 1.61. The van der Waals surface area contributed by atoms with Gasteiger partial charge in [-0.15, -0.1) is 0 Å². The summed E-state index contributed by atoms with van der Waals surface area (Å²) in [6.45, 7) is 3.53. The highest BCUT2D eigenvalue weighted by Gasteiger charge is 2.40. The van der Waals surface area contributed by atoms with Crippen LogP contribution in [0.2, 0.25) is 0 Å². The van der Waals surface area contributed by atoms with Crippen LogP contribution in [0.25, 0.3) is 0 Å². The molecule has 0 aliphatic carbocycles. The van der Waals surface area contributed by atoms with Gasteiger partial charge in [0.25, 0.3) is 0 Å². The predicted molar refractivity (Wildman–Crippen MR) is 42.8 cm³/mol. The van der Waals surface area contributed by atoms with Crippen LogP contribution >= 0.6 is 0 Å². The Hall–Kier alpha value is -0.160. The molecule has 1 aliphatic rings. The molecule has 5 atom stereocenters. The van der Waals surface area contributed by atoms with Gasteiger partial charge in [0, 0.05) is 7.11 Å². The van der Waals surface area contributed by atoms with Crippen LogP contribution in [-0.4, -0.2) is 47.8 Å². The first-order valence-electron chi connectivity index (χ1n) is 4.12. The van der Waals surface area contributed by atoms with Crippen molar-refractivity contribution in [1.29, 1.82) is 0 Å². The van der Waals surface area contributed by atoms with Gasteiger partial charge in [0.2, 0.25) is 0 Å². The lowest BCUT2D eigenvalue weighted by Gasteiger charge is -2.39. The topological polar surface area (TPSA) is 58.9 Å². The van der Waals surface area contributed by atoms with Crippen LogP contribution in [-0.2, 0) is 9.47 Å². The smallest absolute Gasteiger partial charge is 0.114 e. The molecular weight excluding hydrogens is 160 g/mol. The lowest BCUT2D eigenvalue weighted by Crippen LogP contribution is -2.56. The number of ether oxygens (including phenoxy) is 2. The Labute approximate surface area is 72.1 Å². The first-order valence-corrected chi connectivity index (χ1v) is 4.12. The van der Waals surface area contributed by atoms with Crippen LogP contribution in [0.4, 0.5) is 0 Å². The average molecular weight is 176 g/mol. The Bertz CT molecular complexity index is 136. The lowest BCUT2D eigenvalue weighted by atomic mass is 9.96. The van der Waals surface area contributed by atoms with E-state index < -0.39 is 18.3 Å². The summed E-state index contributed by atoms with van der Waals surface area (Å²) in [6.07, 6.45) is -2.60. The summed E-state index contributed by atoms with van der Waals surface area (Å²) in [5.74, 6) is 0. The minimum absolute atomic E-state index is 0.284. The standard InChI is InChI=1S/C8H16O4/c1-4-6(9)8(11-3)7(10)5(2)12-4/h4-10H,1-3H3/t4-,5+,6-,7-,8+/m0/s1. The molecule has 1 heterocycles. The number of aliphatic hydroxyl groups is 2. The largest absolute Gasteiger partial charge is 0.388 e. The van der Waals surface area contributed by atoms with Crippen molar-refractivity contribution in [2.75, 3.05) is 7.11 Å². The van der Waals surface area contributed by atoms with E-state index in [1.165, 1.54) is 7.11 Å². The molecule has 12 heavy (non-hydrogen) atoms. The van der Waals surface area contributed by atoms with Gasteiger partial charge in [-0.05, 0) is 13.8 Å². The molecule has 0 aromatic carbocycles. The summed E-state index contributed by atoms with van der Waals surface area (Å²) in [7, 11) is 1.47. The van der Waals surface area contributed by atoms with E-state index in [-0.39, 0.29) is 12.2 Å². The van der Waals surface area contributed by atoms with Crippen molar-refractivity contribution in [3.8, 4) is 0 Å². The second-order valence-corrected chi connectivity index (χ2v) is 3.23. The predicted octanol–water partition coefficient (Wildman–Crippen LogP) is -0.470. The molecular formula is C8H16O4. The average Bonchev–Trinajstić information content (AvgIpc) is 2.02. The molecule has 72 valence electrons. The minimum atomic E-state index is -0.749. The zero-order valence-corrected chi connectivity index (χ0v) is 7.60. The summed E-state index contributed by atoms with van der Waals surface area (Å²) in [5, 5.41) is 19.0. The maximum Gasteiger partial charge on any atom is 0.114 e. The Kier molecular flexibility index (Phi) is 3.06. The van der Waals surface area contributed by atoms with E-state index >= 15 is 0 Å². The van der Waals surface area contributed by atoms with Gasteiger partial charge >= 0.3 is 0 Å². The maximum absolute atomic E-state index is 9.52. The minimum Gasteiger partial charge on any atom is -0.388 e. The highest BCUT2D eigenvalue weighted by atomic mass is 16.6. The number of hydrogen-bond donors (Lipinski definition) is 2. The monoisotopic (exact) mass is 176 g/mol. The molecule has 1 saturated heterocycles. The van der Waals surface area contributed by atoms with E-state index in [9.17, 15) is 10.2 Å². The van der Waals surface area contributed by atoms with E-state index in [4.69, 9.17) is 9.47 Å². The Balaban J connectivity index is 2.67. The van der Waals surface area contributed by atoms with E-state index in [0.717, 1.165) is 0 Å². The molecule has 0 aromatic rings. The fraction of sp³-hybridized carbons (Fsp3) is 1.00. The van der Waals surface area contributed by atoms with Crippen molar-refractivity contribution in [1.82, 2.24) is 0 Å². The van der Waals surface area contributed by atoms with Gasteiger partial charge in [-0.1, -0.05) is 0 Å². The fourth-order valence-electron chi connectivity index (χ4n) is 1.51. The van der Waals surface area contributed by atoms with Crippen LogP contribution < -0.4 is 0 Å². The Morgan fingerprint density at radius 2 is 1.50 bits per heavy atom. The van der Waals surface area contributed by atoms with Crippen molar-refractivity contribution in [3.63, 3.8) is 0 Å². The van der Waals surface area contributed by atoms with Crippen molar-refractivity contribution >= 4 is 0 Å². The van der Waals surface area contributed by atoms with Gasteiger partial charge < -0.3 is 19.7 Å². The van der Waals surface area contributed by atoms with Crippen LogP contribution in [0.5, 0.6) is 0 Å². The molecule has 1 rings (SSSR count). The molecule has 0 aromatic heterocycles. The highest BCUT2D eigenvalue weighted by Crippen LogP contribution is 2.22. The van der Waals surface area contributed by atoms with E-state index in [2.05, 4.69) is 0 Å². The van der Waals surface area contributed by atoms with Crippen LogP contribution in [0.15, 0.2) is 0 Å². The SMILES string of the molecule is CO[C@@H]1[C@@H](O)[C@H](C)O[C@H](C)[C@@H]1O. The summed E-state index contributed by atoms with van der Waals surface area (Å²) in [5.41, 5.74) is 0. The molecule has 0 amide bonds. The molecule has 0 bridgehead atoms. The number of rotatable bonds is 1. The van der Waals surface area contributed by atoms with Gasteiger partial charge in [0.1, 0.15) is 18.3 Å². The first kappa shape index (κ1) is 9.92. The first-order chi connectivity index (χ1) is 5.57. The van der Waals surface area contributed by atoms with Gasteiger partial charge in [-0.25, -0.2) is 0 Å². The summed E-state index contributed by atoms with van der Waals surface area (Å²) in [4.78, 5) is 0. The summed E-state index contributed by atoms with van der Waals surface area (Å²) >= 11 is 0. The molecule has 1 fully saturated rings. The zero-order chi connectivity index (χ0) is 9.30. The molecule has 0 spiro atoms. The fourth-order valence-corrected chi connectivity index (χ4v) is 1.51. The summed E-state index contributed by atoms with van der Waals surface area (Å²) < 4.78 is 10.2. The Morgan fingerprint density at radius 1 is 1.08 bits per heavy atom. The van der Waals surface area contributed by atoms with Crippen LogP contribution in [0.1, 0.15) is 13.8 Å². The molecule has 0 saturated carbocycles. The van der Waals surface area contributed by atoms with Gasteiger partial charge in [0.15, 0.2) is 0 Å². The van der Waals surface area contributed by atoms with E-state index in [0.29, 0.717) is 0 Å². The second-order valence-electron chi connectivity index (χ2n) is 3.23. The van der Waals surface area contributed by atoms with Crippen molar-refractivity contribution < 1.29 is 19.7 Å². The lowest BCUT2D eigenvalue weighted by molar-refractivity contribution is -0.219. The summed E-state index contributed by atoms with van der Waals surface area (Å²) in [6, 6.07) is 0. The molecule has 4 heteroatoms. The van der Waals surface area contributed by atoms with Crippen LogP contribution in [0.3, 0.4) is 0 Å². The molecule has 0 radical (unpaired) electrons. The quantitative estimate of drug-likeness (QED) is 0.567.